The highest BCUT2D eigenvalue weighted by Crippen LogP contribution is 2.22. The number of hydrogen-bond donors (Lipinski definition) is 0. The third kappa shape index (κ3) is 3.14. The number of halogens is 1. The summed E-state index contributed by atoms with van der Waals surface area (Å²) in [5.74, 6) is 0.899. The van der Waals surface area contributed by atoms with E-state index in [-0.39, 0.29) is 5.91 Å². The molecule has 2 nitrogen and oxygen atoms in total. The molecule has 0 bridgehead atoms. The summed E-state index contributed by atoms with van der Waals surface area (Å²) in [6, 6.07) is 7.90. The predicted octanol–water partition coefficient (Wildman–Crippen LogP) is 3.84. The van der Waals surface area contributed by atoms with Crippen LogP contribution in [0.3, 0.4) is 0 Å². The molecule has 1 aliphatic heterocycles. The van der Waals surface area contributed by atoms with Crippen molar-refractivity contribution in [3.05, 3.63) is 35.4 Å². The van der Waals surface area contributed by atoms with Gasteiger partial charge < -0.3 is 4.90 Å². The maximum atomic E-state index is 12.3. The molecule has 3 heteroatoms. The van der Waals surface area contributed by atoms with Gasteiger partial charge in [-0.1, -0.05) is 41.4 Å². The number of carbonyl (C=O) groups excluding carboxylic acids is 1. The van der Waals surface area contributed by atoms with Gasteiger partial charge >= 0.3 is 0 Å². The summed E-state index contributed by atoms with van der Waals surface area (Å²) in [7, 11) is 0. The molecule has 98 valence electrons. The molecule has 0 N–H and O–H groups in total. The quantitative estimate of drug-likeness (QED) is 0.774. The first-order chi connectivity index (χ1) is 8.74. The van der Waals surface area contributed by atoms with Gasteiger partial charge in [0.25, 0.3) is 5.91 Å². The number of rotatable bonds is 4. The minimum atomic E-state index is 0.190. The normalized spacial score (nSPS) is 19.2. The van der Waals surface area contributed by atoms with Crippen molar-refractivity contribution in [3.8, 4) is 0 Å². The molecule has 1 fully saturated rings. The molecule has 0 radical (unpaired) electrons. The average Bonchev–Trinajstić information content (AvgIpc) is 2.87. The second-order valence-corrected chi connectivity index (χ2v) is 5.59. The van der Waals surface area contributed by atoms with Crippen molar-refractivity contribution in [2.45, 2.75) is 31.5 Å². The molecule has 0 aliphatic carbocycles. The van der Waals surface area contributed by atoms with Crippen LogP contribution in [0.15, 0.2) is 24.3 Å². The van der Waals surface area contributed by atoms with Crippen LogP contribution >= 0.6 is 15.9 Å². The lowest BCUT2D eigenvalue weighted by Gasteiger charge is -2.16. The van der Waals surface area contributed by atoms with E-state index in [9.17, 15) is 4.79 Å². The highest BCUT2D eigenvalue weighted by atomic mass is 79.9. The largest absolute Gasteiger partial charge is 0.338 e. The Balaban J connectivity index is 1.98. The standard InChI is InChI=1S/C15H20BrNO/c1-2-3-13-8-9-17(11-13)15(18)14-6-4-12(10-16)5-7-14/h4-7,13H,2-3,8-11H2,1H3. The maximum Gasteiger partial charge on any atom is 0.253 e. The van der Waals surface area contributed by atoms with Crippen LogP contribution in [-0.4, -0.2) is 23.9 Å². The van der Waals surface area contributed by atoms with Gasteiger partial charge in [-0.3, -0.25) is 4.79 Å². The smallest absolute Gasteiger partial charge is 0.253 e. The summed E-state index contributed by atoms with van der Waals surface area (Å²) < 4.78 is 0. The minimum Gasteiger partial charge on any atom is -0.338 e. The first kappa shape index (κ1) is 13.6. The topological polar surface area (TPSA) is 20.3 Å². The van der Waals surface area contributed by atoms with Gasteiger partial charge in [-0.15, -0.1) is 0 Å². The van der Waals surface area contributed by atoms with Gasteiger partial charge in [0.15, 0.2) is 0 Å². The molecule has 1 heterocycles. The third-order valence-electron chi connectivity index (χ3n) is 3.63. The van der Waals surface area contributed by atoms with Crippen LogP contribution < -0.4 is 0 Å². The molecule has 18 heavy (non-hydrogen) atoms. The van der Waals surface area contributed by atoms with Crippen molar-refractivity contribution in [1.29, 1.82) is 0 Å². The van der Waals surface area contributed by atoms with E-state index in [2.05, 4.69) is 22.9 Å². The van der Waals surface area contributed by atoms with Crippen molar-refractivity contribution in [2.75, 3.05) is 13.1 Å². The summed E-state index contributed by atoms with van der Waals surface area (Å²) in [6.07, 6.45) is 3.62. The molecule has 2 rings (SSSR count). The zero-order chi connectivity index (χ0) is 13.0. The van der Waals surface area contributed by atoms with Crippen molar-refractivity contribution in [2.24, 2.45) is 5.92 Å². The van der Waals surface area contributed by atoms with E-state index in [0.717, 1.165) is 24.0 Å². The van der Waals surface area contributed by atoms with Crippen LogP contribution in [-0.2, 0) is 5.33 Å². The molecule has 1 atom stereocenters. The Morgan fingerprint density at radius 2 is 2.11 bits per heavy atom. The Bertz CT molecular complexity index is 401. The minimum absolute atomic E-state index is 0.190. The molecular weight excluding hydrogens is 290 g/mol. The van der Waals surface area contributed by atoms with Crippen LogP contribution in [0.25, 0.3) is 0 Å². The predicted molar refractivity (Wildman–Crippen MR) is 78.0 cm³/mol. The first-order valence-corrected chi connectivity index (χ1v) is 7.81. The molecule has 1 aromatic rings. The molecule has 1 aliphatic rings. The number of likely N-dealkylation sites (tertiary alicyclic amines) is 1. The molecule has 0 aromatic heterocycles. The van der Waals surface area contributed by atoms with Crippen LogP contribution in [0.1, 0.15) is 42.1 Å². The number of alkyl halides is 1. The zero-order valence-corrected chi connectivity index (χ0v) is 12.4. The van der Waals surface area contributed by atoms with E-state index in [0.29, 0.717) is 5.92 Å². The fourth-order valence-electron chi connectivity index (χ4n) is 2.58. The van der Waals surface area contributed by atoms with Gasteiger partial charge in [0.05, 0.1) is 0 Å². The first-order valence-electron chi connectivity index (χ1n) is 6.68. The summed E-state index contributed by atoms with van der Waals surface area (Å²) in [6.45, 7) is 4.07. The van der Waals surface area contributed by atoms with Crippen molar-refractivity contribution < 1.29 is 4.79 Å². The van der Waals surface area contributed by atoms with Crippen LogP contribution in [0.5, 0.6) is 0 Å². The summed E-state index contributed by atoms with van der Waals surface area (Å²) in [5, 5.41) is 0.837. The third-order valence-corrected chi connectivity index (χ3v) is 4.27. The monoisotopic (exact) mass is 309 g/mol. The summed E-state index contributed by atoms with van der Waals surface area (Å²) in [4.78, 5) is 14.3. The van der Waals surface area contributed by atoms with Gasteiger partial charge in [-0.2, -0.15) is 0 Å². The second-order valence-electron chi connectivity index (χ2n) is 5.03. The van der Waals surface area contributed by atoms with Crippen molar-refractivity contribution >= 4 is 21.8 Å². The van der Waals surface area contributed by atoms with Crippen LogP contribution in [0.4, 0.5) is 0 Å². The maximum absolute atomic E-state index is 12.3. The molecule has 1 unspecified atom stereocenters. The fraction of sp³-hybridized carbons (Fsp3) is 0.533. The Morgan fingerprint density at radius 1 is 1.39 bits per heavy atom. The van der Waals surface area contributed by atoms with E-state index in [1.54, 1.807) is 0 Å². The fourth-order valence-corrected chi connectivity index (χ4v) is 2.95. The Kier molecular flexibility index (Phi) is 4.81. The van der Waals surface area contributed by atoms with Gasteiger partial charge in [0.2, 0.25) is 0 Å². The lowest BCUT2D eigenvalue weighted by Crippen LogP contribution is -2.28. The number of nitrogens with zero attached hydrogens (tertiary/aromatic N) is 1. The van der Waals surface area contributed by atoms with E-state index < -0.39 is 0 Å². The number of amides is 1. The molecule has 1 saturated heterocycles. The van der Waals surface area contributed by atoms with Crippen molar-refractivity contribution in [1.82, 2.24) is 4.90 Å². The lowest BCUT2D eigenvalue weighted by molar-refractivity contribution is 0.0786. The van der Waals surface area contributed by atoms with Gasteiger partial charge in [0, 0.05) is 24.0 Å². The molecule has 1 aromatic carbocycles. The zero-order valence-electron chi connectivity index (χ0n) is 10.9. The highest BCUT2D eigenvalue weighted by molar-refractivity contribution is 9.08. The molecule has 0 saturated carbocycles. The summed E-state index contributed by atoms with van der Waals surface area (Å²) >= 11 is 3.42. The van der Waals surface area contributed by atoms with E-state index >= 15 is 0 Å². The van der Waals surface area contributed by atoms with Crippen molar-refractivity contribution in [3.63, 3.8) is 0 Å². The van der Waals surface area contributed by atoms with E-state index in [4.69, 9.17) is 0 Å². The molecule has 0 spiro atoms. The van der Waals surface area contributed by atoms with E-state index in [1.807, 2.05) is 29.2 Å². The van der Waals surface area contributed by atoms with Crippen LogP contribution in [0, 0.1) is 5.92 Å². The number of hydrogen-bond acceptors (Lipinski definition) is 1. The van der Waals surface area contributed by atoms with Gasteiger partial charge in [-0.25, -0.2) is 0 Å². The highest BCUT2D eigenvalue weighted by Gasteiger charge is 2.26. The summed E-state index contributed by atoms with van der Waals surface area (Å²) in [5.41, 5.74) is 2.02. The Hall–Kier alpha value is -0.830. The molecule has 1 amide bonds. The lowest BCUT2D eigenvalue weighted by atomic mass is 10.0. The van der Waals surface area contributed by atoms with Gasteiger partial charge in [0.1, 0.15) is 0 Å². The second kappa shape index (κ2) is 6.37. The van der Waals surface area contributed by atoms with Gasteiger partial charge in [-0.05, 0) is 36.5 Å². The number of benzene rings is 1. The van der Waals surface area contributed by atoms with E-state index in [1.165, 1.54) is 24.8 Å². The Morgan fingerprint density at radius 3 is 2.72 bits per heavy atom. The van der Waals surface area contributed by atoms with Crippen LogP contribution in [0.2, 0.25) is 0 Å². The Labute approximate surface area is 117 Å². The SMILES string of the molecule is CCCC1CCN(C(=O)c2ccc(CBr)cc2)C1. The molecular formula is C15H20BrNO. The number of carbonyl (C=O) groups is 1. The average molecular weight is 310 g/mol.